The molecule has 0 N–H and O–H groups in total. The lowest BCUT2D eigenvalue weighted by Gasteiger charge is -2.43. The van der Waals surface area contributed by atoms with E-state index in [4.69, 9.17) is 9.47 Å². The van der Waals surface area contributed by atoms with Gasteiger partial charge >= 0.3 is 0 Å². The number of halogens is 1. The van der Waals surface area contributed by atoms with Gasteiger partial charge in [-0.25, -0.2) is 8.42 Å². The van der Waals surface area contributed by atoms with Gasteiger partial charge in [-0.05, 0) is 48.5 Å². The first-order valence-electron chi connectivity index (χ1n) is 9.65. The summed E-state index contributed by atoms with van der Waals surface area (Å²) in [5.41, 5.74) is 0.726. The lowest BCUT2D eigenvalue weighted by Crippen LogP contribution is -2.62. The zero-order valence-electron chi connectivity index (χ0n) is 16.5. The summed E-state index contributed by atoms with van der Waals surface area (Å²) in [5.74, 6) is 1.39. The highest BCUT2D eigenvalue weighted by molar-refractivity contribution is 9.10. The number of carbonyl (C=O) groups excluding carboxylic acids is 1. The Morgan fingerprint density at radius 1 is 1.00 bits per heavy atom. The number of anilines is 1. The fraction of sp³-hybridized carbons (Fsp3) is 0.381. The van der Waals surface area contributed by atoms with Crippen LogP contribution in [0, 0.1) is 0 Å². The molecule has 2 aromatic rings. The molecule has 2 heterocycles. The maximum atomic E-state index is 13.0. The Kier molecular flexibility index (Phi) is 6.04. The summed E-state index contributed by atoms with van der Waals surface area (Å²) in [7, 11) is -1.61. The molecule has 30 heavy (non-hydrogen) atoms. The highest BCUT2D eigenvalue weighted by Crippen LogP contribution is 2.32. The van der Waals surface area contributed by atoms with Crippen LogP contribution in [-0.2, 0) is 14.6 Å². The zero-order chi connectivity index (χ0) is 21.3. The number of sulfone groups is 1. The van der Waals surface area contributed by atoms with E-state index >= 15 is 0 Å². The second-order valence-electron chi connectivity index (χ2n) is 7.45. The van der Waals surface area contributed by atoms with Gasteiger partial charge in [0.25, 0.3) is 0 Å². The molecule has 2 aliphatic rings. The summed E-state index contributed by atoms with van der Waals surface area (Å²) in [6.07, 6.45) is 0. The number of carbonyl (C=O) groups is 1. The number of hydrogen-bond acceptors (Lipinski definition) is 6. The van der Waals surface area contributed by atoms with E-state index in [0.717, 1.165) is 15.9 Å². The van der Waals surface area contributed by atoms with Gasteiger partial charge in [0.05, 0.1) is 31.2 Å². The number of ether oxygens (including phenoxy) is 2. The van der Waals surface area contributed by atoms with Crippen molar-refractivity contribution >= 4 is 37.4 Å². The fourth-order valence-corrected chi connectivity index (χ4v) is 6.34. The van der Waals surface area contributed by atoms with Crippen molar-refractivity contribution in [3.05, 3.63) is 53.0 Å². The number of methoxy groups -OCH3 is 1. The standard InChI is InChI=1S/C21H23BrN2O5S/c1-28-17-6-8-18(9-7-17)29-11-10-23-12-21(25)24(16-4-2-15(22)3-5-16)20-14-30(26,27)13-19(20)23/h2-9,19-20H,10-14H2,1H3/t19-,20+/m1/s1. The SMILES string of the molecule is COc1ccc(OCCN2CC(=O)N(c3ccc(Br)cc3)[C@H]3CS(=O)(=O)C[C@H]32)cc1. The van der Waals surface area contributed by atoms with Gasteiger partial charge in [0.1, 0.15) is 18.1 Å². The number of benzene rings is 2. The molecule has 0 radical (unpaired) electrons. The van der Waals surface area contributed by atoms with Crippen LogP contribution >= 0.6 is 15.9 Å². The third-order valence-corrected chi connectivity index (χ3v) is 7.74. The predicted octanol–water partition coefficient (Wildman–Crippen LogP) is 2.35. The third-order valence-electron chi connectivity index (χ3n) is 5.51. The molecule has 0 bridgehead atoms. The van der Waals surface area contributed by atoms with Crippen molar-refractivity contribution in [1.29, 1.82) is 0 Å². The quantitative estimate of drug-likeness (QED) is 0.613. The van der Waals surface area contributed by atoms with Crippen molar-refractivity contribution in [3.8, 4) is 11.5 Å². The minimum Gasteiger partial charge on any atom is -0.497 e. The van der Waals surface area contributed by atoms with Gasteiger partial charge in [-0.1, -0.05) is 15.9 Å². The summed E-state index contributed by atoms with van der Waals surface area (Å²) in [4.78, 5) is 16.6. The second kappa shape index (κ2) is 8.56. The van der Waals surface area contributed by atoms with E-state index in [2.05, 4.69) is 15.9 Å². The van der Waals surface area contributed by atoms with E-state index in [0.29, 0.717) is 18.9 Å². The van der Waals surface area contributed by atoms with Crippen molar-refractivity contribution in [2.24, 2.45) is 0 Å². The maximum absolute atomic E-state index is 13.0. The van der Waals surface area contributed by atoms with Gasteiger partial charge in [-0.2, -0.15) is 0 Å². The van der Waals surface area contributed by atoms with Crippen LogP contribution in [0.3, 0.4) is 0 Å². The molecule has 0 aliphatic carbocycles. The monoisotopic (exact) mass is 494 g/mol. The molecule has 7 nitrogen and oxygen atoms in total. The van der Waals surface area contributed by atoms with Crippen LogP contribution in [0.15, 0.2) is 53.0 Å². The summed E-state index contributed by atoms with van der Waals surface area (Å²) in [6.45, 7) is 1.00. The van der Waals surface area contributed by atoms with Gasteiger partial charge in [0.2, 0.25) is 5.91 Å². The summed E-state index contributed by atoms with van der Waals surface area (Å²) < 4.78 is 36.7. The molecule has 9 heteroatoms. The Labute approximate surface area is 184 Å². The van der Waals surface area contributed by atoms with Crippen LogP contribution in [0.2, 0.25) is 0 Å². The smallest absolute Gasteiger partial charge is 0.241 e. The largest absolute Gasteiger partial charge is 0.497 e. The number of nitrogens with zero attached hydrogens (tertiary/aromatic N) is 2. The van der Waals surface area contributed by atoms with E-state index in [1.54, 1.807) is 12.0 Å². The average Bonchev–Trinajstić information content (AvgIpc) is 3.04. The van der Waals surface area contributed by atoms with Crippen molar-refractivity contribution < 1.29 is 22.7 Å². The Bertz CT molecular complexity index is 1010. The molecule has 2 aliphatic heterocycles. The molecule has 0 spiro atoms. The minimum atomic E-state index is -3.22. The van der Waals surface area contributed by atoms with Gasteiger partial charge < -0.3 is 14.4 Å². The highest BCUT2D eigenvalue weighted by atomic mass is 79.9. The predicted molar refractivity (Wildman–Crippen MR) is 118 cm³/mol. The van der Waals surface area contributed by atoms with Crippen LogP contribution in [-0.4, -0.2) is 69.6 Å². The summed E-state index contributed by atoms with van der Waals surface area (Å²) in [6, 6.07) is 14.0. The van der Waals surface area contributed by atoms with E-state index < -0.39 is 15.9 Å². The third kappa shape index (κ3) is 4.48. The number of hydrogen-bond donors (Lipinski definition) is 0. The summed E-state index contributed by atoms with van der Waals surface area (Å²) in [5, 5.41) is 0. The molecular formula is C21H23BrN2O5S. The molecule has 1 amide bonds. The maximum Gasteiger partial charge on any atom is 0.241 e. The van der Waals surface area contributed by atoms with E-state index in [-0.39, 0.29) is 30.0 Å². The van der Waals surface area contributed by atoms with E-state index in [9.17, 15) is 13.2 Å². The molecule has 0 saturated carbocycles. The Morgan fingerprint density at radius 3 is 2.30 bits per heavy atom. The molecule has 2 fully saturated rings. The van der Waals surface area contributed by atoms with Crippen LogP contribution in [0.5, 0.6) is 11.5 Å². The molecule has 2 saturated heterocycles. The van der Waals surface area contributed by atoms with Crippen molar-refractivity contribution in [3.63, 3.8) is 0 Å². The lowest BCUT2D eigenvalue weighted by molar-refractivity contribution is -0.123. The van der Waals surface area contributed by atoms with Crippen molar-refractivity contribution in [2.45, 2.75) is 12.1 Å². The summed E-state index contributed by atoms with van der Waals surface area (Å²) >= 11 is 3.40. The Balaban J connectivity index is 1.47. The zero-order valence-corrected chi connectivity index (χ0v) is 18.9. The van der Waals surface area contributed by atoms with Gasteiger partial charge in [-0.3, -0.25) is 9.69 Å². The Morgan fingerprint density at radius 2 is 1.63 bits per heavy atom. The van der Waals surface area contributed by atoms with E-state index in [1.165, 1.54) is 0 Å². The van der Waals surface area contributed by atoms with Crippen LogP contribution < -0.4 is 14.4 Å². The minimum absolute atomic E-state index is 0.0185. The van der Waals surface area contributed by atoms with Gasteiger partial charge in [0, 0.05) is 22.7 Å². The highest BCUT2D eigenvalue weighted by Gasteiger charge is 2.49. The van der Waals surface area contributed by atoms with Crippen LogP contribution in [0.1, 0.15) is 0 Å². The molecule has 4 rings (SSSR count). The number of fused-ring (bicyclic) bond motifs is 1. The molecule has 2 atom stereocenters. The van der Waals surface area contributed by atoms with Crippen molar-refractivity contribution in [2.75, 3.05) is 43.2 Å². The first-order valence-corrected chi connectivity index (χ1v) is 12.3. The normalized spacial score (nSPS) is 23.3. The number of piperazine rings is 1. The first-order chi connectivity index (χ1) is 14.4. The van der Waals surface area contributed by atoms with Crippen LogP contribution in [0.25, 0.3) is 0 Å². The number of rotatable bonds is 6. The van der Waals surface area contributed by atoms with Gasteiger partial charge in [0.15, 0.2) is 9.84 Å². The Hall–Kier alpha value is -2.10. The average molecular weight is 495 g/mol. The van der Waals surface area contributed by atoms with Crippen LogP contribution in [0.4, 0.5) is 5.69 Å². The molecule has 0 aromatic heterocycles. The molecule has 2 aromatic carbocycles. The first kappa shape index (κ1) is 21.1. The number of amides is 1. The second-order valence-corrected chi connectivity index (χ2v) is 10.5. The lowest BCUT2D eigenvalue weighted by atomic mass is 10.0. The van der Waals surface area contributed by atoms with Crippen molar-refractivity contribution in [1.82, 2.24) is 4.90 Å². The topological polar surface area (TPSA) is 76.2 Å². The van der Waals surface area contributed by atoms with Gasteiger partial charge in [-0.15, -0.1) is 0 Å². The molecule has 0 unspecified atom stereocenters. The molecule has 160 valence electrons. The molecular weight excluding hydrogens is 472 g/mol. The fourth-order valence-electron chi connectivity index (χ4n) is 4.09. The van der Waals surface area contributed by atoms with E-state index in [1.807, 2.05) is 53.4 Å².